The lowest BCUT2D eigenvalue weighted by Gasteiger charge is -2.16. The molecule has 0 radical (unpaired) electrons. The largest absolute Gasteiger partial charge is 0.497 e. The van der Waals surface area contributed by atoms with Gasteiger partial charge in [0.1, 0.15) is 11.8 Å². The minimum absolute atomic E-state index is 0.156. The van der Waals surface area contributed by atoms with Crippen molar-refractivity contribution in [3.05, 3.63) is 52.5 Å². The maximum absolute atomic E-state index is 12.2. The van der Waals surface area contributed by atoms with Crippen LogP contribution in [0.4, 0.5) is 11.4 Å². The van der Waals surface area contributed by atoms with Crippen LogP contribution in [-0.2, 0) is 4.79 Å². The van der Waals surface area contributed by atoms with Gasteiger partial charge in [-0.15, -0.1) is 0 Å². The van der Waals surface area contributed by atoms with Crippen LogP contribution in [0.25, 0.3) is 0 Å². The second kappa shape index (κ2) is 7.38. The molecule has 0 spiro atoms. The van der Waals surface area contributed by atoms with Crippen molar-refractivity contribution < 1.29 is 9.53 Å². The molecule has 0 aliphatic carbocycles. The molecule has 1 amide bonds. The summed E-state index contributed by atoms with van der Waals surface area (Å²) in [7, 11) is 1.59. The van der Waals surface area contributed by atoms with Crippen LogP contribution in [0.2, 0.25) is 10.0 Å². The molecule has 2 aromatic rings. The van der Waals surface area contributed by atoms with Crippen LogP contribution in [0.3, 0.4) is 0 Å². The third-order valence-corrected chi connectivity index (χ3v) is 3.79. The van der Waals surface area contributed by atoms with Gasteiger partial charge in [-0.25, -0.2) is 0 Å². The number of rotatable bonds is 5. The van der Waals surface area contributed by atoms with Gasteiger partial charge in [0.05, 0.1) is 17.2 Å². The Balaban J connectivity index is 1.97. The maximum atomic E-state index is 12.2. The standard InChI is InChI=1S/C16H16Cl2N2O2/c1-10(19-12-5-8-14(17)15(18)9-12)16(21)20-11-3-6-13(22-2)7-4-11/h3-10,19H,1-2H3,(H,20,21)/t10-/m0/s1. The highest BCUT2D eigenvalue weighted by Crippen LogP contribution is 2.25. The summed E-state index contributed by atoms with van der Waals surface area (Å²) in [5.74, 6) is 0.580. The van der Waals surface area contributed by atoms with Crippen molar-refractivity contribution in [2.24, 2.45) is 0 Å². The number of ether oxygens (including phenoxy) is 1. The van der Waals surface area contributed by atoms with Crippen LogP contribution in [0, 0.1) is 0 Å². The van der Waals surface area contributed by atoms with E-state index in [4.69, 9.17) is 27.9 Å². The summed E-state index contributed by atoms with van der Waals surface area (Å²) in [5.41, 5.74) is 1.43. The molecule has 0 heterocycles. The lowest BCUT2D eigenvalue weighted by Crippen LogP contribution is -2.31. The van der Waals surface area contributed by atoms with Crippen molar-refractivity contribution in [2.45, 2.75) is 13.0 Å². The van der Waals surface area contributed by atoms with Gasteiger partial charge in [0.2, 0.25) is 5.91 Å². The summed E-state index contributed by atoms with van der Waals surface area (Å²) in [6, 6.07) is 11.8. The molecule has 2 N–H and O–H groups in total. The van der Waals surface area contributed by atoms with E-state index in [2.05, 4.69) is 10.6 Å². The van der Waals surface area contributed by atoms with Crippen LogP contribution in [0.15, 0.2) is 42.5 Å². The van der Waals surface area contributed by atoms with Gasteiger partial charge in [-0.2, -0.15) is 0 Å². The van der Waals surface area contributed by atoms with Crippen molar-refractivity contribution in [1.82, 2.24) is 0 Å². The quantitative estimate of drug-likeness (QED) is 0.847. The number of nitrogens with one attached hydrogen (secondary N) is 2. The molecule has 116 valence electrons. The molecule has 0 saturated heterocycles. The van der Waals surface area contributed by atoms with E-state index in [1.54, 1.807) is 56.5 Å². The predicted molar refractivity (Wildman–Crippen MR) is 91.2 cm³/mol. The Morgan fingerprint density at radius 1 is 1.05 bits per heavy atom. The van der Waals surface area contributed by atoms with Crippen LogP contribution in [-0.4, -0.2) is 19.1 Å². The van der Waals surface area contributed by atoms with Gasteiger partial charge in [-0.1, -0.05) is 23.2 Å². The van der Waals surface area contributed by atoms with Gasteiger partial charge in [0, 0.05) is 11.4 Å². The predicted octanol–water partition coefficient (Wildman–Crippen LogP) is 4.44. The van der Waals surface area contributed by atoms with E-state index in [0.29, 0.717) is 15.7 Å². The molecule has 0 aliphatic heterocycles. The van der Waals surface area contributed by atoms with Crippen LogP contribution < -0.4 is 15.4 Å². The van der Waals surface area contributed by atoms with Crippen molar-refractivity contribution >= 4 is 40.5 Å². The zero-order chi connectivity index (χ0) is 16.1. The zero-order valence-electron chi connectivity index (χ0n) is 12.2. The Hall–Kier alpha value is -1.91. The van der Waals surface area contributed by atoms with Crippen molar-refractivity contribution in [1.29, 1.82) is 0 Å². The third-order valence-electron chi connectivity index (χ3n) is 3.05. The Morgan fingerprint density at radius 3 is 2.27 bits per heavy atom. The van der Waals surface area contributed by atoms with E-state index < -0.39 is 6.04 Å². The Bertz CT molecular complexity index is 660. The molecule has 2 aromatic carbocycles. The van der Waals surface area contributed by atoms with E-state index >= 15 is 0 Å². The third kappa shape index (κ3) is 4.29. The Morgan fingerprint density at radius 2 is 1.68 bits per heavy atom. The van der Waals surface area contributed by atoms with Gasteiger partial charge in [-0.05, 0) is 49.4 Å². The first-order valence-corrected chi connectivity index (χ1v) is 7.41. The fourth-order valence-corrected chi connectivity index (χ4v) is 2.12. The maximum Gasteiger partial charge on any atom is 0.246 e. The van der Waals surface area contributed by atoms with Crippen molar-refractivity contribution in [3.8, 4) is 5.75 Å². The van der Waals surface area contributed by atoms with Crippen LogP contribution in [0.1, 0.15) is 6.92 Å². The molecular weight excluding hydrogens is 323 g/mol. The van der Waals surface area contributed by atoms with Crippen LogP contribution >= 0.6 is 23.2 Å². The minimum Gasteiger partial charge on any atom is -0.497 e. The average molecular weight is 339 g/mol. The molecule has 4 nitrogen and oxygen atoms in total. The van der Waals surface area contributed by atoms with E-state index in [-0.39, 0.29) is 5.91 Å². The number of methoxy groups -OCH3 is 1. The molecule has 6 heteroatoms. The summed E-state index contributed by atoms with van der Waals surface area (Å²) in [5, 5.41) is 6.81. The first kappa shape index (κ1) is 16.5. The molecule has 2 rings (SSSR count). The van der Waals surface area contributed by atoms with Crippen molar-refractivity contribution in [2.75, 3.05) is 17.7 Å². The molecule has 0 aromatic heterocycles. The first-order chi connectivity index (χ1) is 10.5. The normalized spacial score (nSPS) is 11.6. The molecular formula is C16H16Cl2N2O2. The number of carbonyl (C=O) groups is 1. The highest BCUT2D eigenvalue weighted by molar-refractivity contribution is 6.42. The van der Waals surface area contributed by atoms with E-state index in [0.717, 1.165) is 11.4 Å². The summed E-state index contributed by atoms with van der Waals surface area (Å²) >= 11 is 11.8. The molecule has 0 unspecified atom stereocenters. The first-order valence-electron chi connectivity index (χ1n) is 6.66. The number of hydrogen-bond acceptors (Lipinski definition) is 3. The topological polar surface area (TPSA) is 50.4 Å². The van der Waals surface area contributed by atoms with Gasteiger partial charge >= 0.3 is 0 Å². The Kier molecular flexibility index (Phi) is 5.52. The number of carbonyl (C=O) groups excluding carboxylic acids is 1. The number of anilines is 2. The number of hydrogen-bond donors (Lipinski definition) is 2. The zero-order valence-corrected chi connectivity index (χ0v) is 13.7. The van der Waals surface area contributed by atoms with Crippen LogP contribution in [0.5, 0.6) is 5.75 Å². The summed E-state index contributed by atoms with van der Waals surface area (Å²) < 4.78 is 5.07. The molecule has 0 bridgehead atoms. The fraction of sp³-hybridized carbons (Fsp3) is 0.188. The fourth-order valence-electron chi connectivity index (χ4n) is 1.83. The number of amides is 1. The molecule has 0 saturated carbocycles. The second-order valence-corrected chi connectivity index (χ2v) is 5.53. The van der Waals surface area contributed by atoms with Crippen molar-refractivity contribution in [3.63, 3.8) is 0 Å². The molecule has 0 fully saturated rings. The second-order valence-electron chi connectivity index (χ2n) is 4.71. The average Bonchev–Trinajstić information content (AvgIpc) is 2.51. The number of benzene rings is 2. The monoisotopic (exact) mass is 338 g/mol. The summed E-state index contributed by atoms with van der Waals surface area (Å²) in [6.07, 6.45) is 0. The van der Waals surface area contributed by atoms with Gasteiger partial charge in [-0.3, -0.25) is 4.79 Å². The lowest BCUT2D eigenvalue weighted by atomic mass is 10.2. The van der Waals surface area contributed by atoms with Gasteiger partial charge in [0.15, 0.2) is 0 Å². The minimum atomic E-state index is -0.431. The highest BCUT2D eigenvalue weighted by Gasteiger charge is 2.13. The molecule has 1 atom stereocenters. The Labute approximate surface area is 139 Å². The smallest absolute Gasteiger partial charge is 0.246 e. The van der Waals surface area contributed by atoms with E-state index in [1.807, 2.05) is 0 Å². The van der Waals surface area contributed by atoms with E-state index in [1.165, 1.54) is 0 Å². The molecule has 22 heavy (non-hydrogen) atoms. The lowest BCUT2D eigenvalue weighted by molar-refractivity contribution is -0.116. The summed E-state index contributed by atoms with van der Waals surface area (Å²) in [4.78, 5) is 12.2. The van der Waals surface area contributed by atoms with E-state index in [9.17, 15) is 4.79 Å². The highest BCUT2D eigenvalue weighted by atomic mass is 35.5. The SMILES string of the molecule is COc1ccc(NC(=O)[C@H](C)Nc2ccc(Cl)c(Cl)c2)cc1. The summed E-state index contributed by atoms with van der Waals surface area (Å²) in [6.45, 7) is 1.77. The van der Waals surface area contributed by atoms with Gasteiger partial charge in [0.25, 0.3) is 0 Å². The molecule has 0 aliphatic rings. The van der Waals surface area contributed by atoms with Gasteiger partial charge < -0.3 is 15.4 Å². The number of halogens is 2.